The number of carbonyl (C=O) groups excluding carboxylic acids is 1. The van der Waals surface area contributed by atoms with E-state index in [1.165, 1.54) is 6.33 Å². The molecule has 1 N–H and O–H groups in total. The molecular weight excluding hydrogens is 344 g/mol. The molecule has 0 aliphatic rings. The van der Waals surface area contributed by atoms with E-state index in [2.05, 4.69) is 31.3 Å². The minimum Gasteiger partial charge on any atom is -0.320 e. The number of carbonyl (C=O) groups is 1. The average molecular weight is 357 g/mol. The third kappa shape index (κ3) is 3.07. The third-order valence-electron chi connectivity index (χ3n) is 3.15. The van der Waals surface area contributed by atoms with Crippen molar-refractivity contribution in [2.45, 2.75) is 6.92 Å². The summed E-state index contributed by atoms with van der Waals surface area (Å²) in [6.07, 6.45) is 3.04. The fraction of sp³-hybridized carbons (Fsp3) is 0.0625. The number of aryl methyl sites for hydroxylation is 1. The molecule has 3 rings (SSSR count). The summed E-state index contributed by atoms with van der Waals surface area (Å²) in [5.41, 5.74) is 3.07. The standard InChI is InChI=1S/C16H13BrN4O/c1-11-3-2-4-12(7-11)16(22)20-14-8-13(17)5-6-15(14)21-10-18-9-19-21/h2-10H,1H3,(H,20,22). The molecule has 5 nitrogen and oxygen atoms in total. The Kier molecular flexibility index (Phi) is 4.02. The van der Waals surface area contributed by atoms with E-state index >= 15 is 0 Å². The van der Waals surface area contributed by atoms with Gasteiger partial charge in [0.15, 0.2) is 0 Å². The van der Waals surface area contributed by atoms with Gasteiger partial charge in [0, 0.05) is 10.0 Å². The van der Waals surface area contributed by atoms with Gasteiger partial charge in [-0.15, -0.1) is 0 Å². The highest BCUT2D eigenvalue weighted by Crippen LogP contribution is 2.24. The van der Waals surface area contributed by atoms with Crippen molar-refractivity contribution in [1.29, 1.82) is 0 Å². The molecule has 3 aromatic rings. The van der Waals surface area contributed by atoms with Crippen LogP contribution in [0, 0.1) is 6.92 Å². The lowest BCUT2D eigenvalue weighted by molar-refractivity contribution is 0.102. The number of aromatic nitrogens is 3. The normalized spacial score (nSPS) is 10.5. The van der Waals surface area contributed by atoms with Crippen LogP contribution >= 0.6 is 15.9 Å². The minimum atomic E-state index is -0.164. The number of anilines is 1. The van der Waals surface area contributed by atoms with Crippen LogP contribution in [0.25, 0.3) is 5.69 Å². The van der Waals surface area contributed by atoms with Crippen LogP contribution in [-0.2, 0) is 0 Å². The molecule has 1 aromatic heterocycles. The maximum absolute atomic E-state index is 12.4. The second-order valence-electron chi connectivity index (χ2n) is 4.83. The van der Waals surface area contributed by atoms with Gasteiger partial charge >= 0.3 is 0 Å². The molecule has 0 aliphatic heterocycles. The van der Waals surface area contributed by atoms with Crippen molar-refractivity contribution < 1.29 is 4.79 Å². The lowest BCUT2D eigenvalue weighted by atomic mass is 10.1. The first-order valence-corrected chi connectivity index (χ1v) is 7.45. The quantitative estimate of drug-likeness (QED) is 0.779. The highest BCUT2D eigenvalue weighted by molar-refractivity contribution is 9.10. The zero-order valence-electron chi connectivity index (χ0n) is 11.8. The van der Waals surface area contributed by atoms with Crippen LogP contribution in [0.3, 0.4) is 0 Å². The summed E-state index contributed by atoms with van der Waals surface area (Å²) < 4.78 is 2.48. The molecule has 0 saturated carbocycles. The smallest absolute Gasteiger partial charge is 0.255 e. The van der Waals surface area contributed by atoms with E-state index in [4.69, 9.17) is 0 Å². The number of hydrogen-bond donors (Lipinski definition) is 1. The number of hydrogen-bond acceptors (Lipinski definition) is 3. The molecule has 2 aromatic carbocycles. The number of rotatable bonds is 3. The van der Waals surface area contributed by atoms with Crippen LogP contribution in [-0.4, -0.2) is 20.7 Å². The Bertz CT molecular complexity index is 815. The Balaban J connectivity index is 1.95. The largest absolute Gasteiger partial charge is 0.320 e. The molecule has 0 atom stereocenters. The first-order valence-electron chi connectivity index (χ1n) is 6.66. The van der Waals surface area contributed by atoms with Crippen LogP contribution in [0.1, 0.15) is 15.9 Å². The van der Waals surface area contributed by atoms with Gasteiger partial charge < -0.3 is 5.32 Å². The molecule has 0 saturated heterocycles. The maximum atomic E-state index is 12.4. The molecule has 1 amide bonds. The van der Waals surface area contributed by atoms with Crippen LogP contribution in [0.15, 0.2) is 59.6 Å². The summed E-state index contributed by atoms with van der Waals surface area (Å²) in [6.45, 7) is 1.96. The van der Waals surface area contributed by atoms with Gasteiger partial charge in [0.2, 0.25) is 0 Å². The summed E-state index contributed by atoms with van der Waals surface area (Å²) in [7, 11) is 0. The van der Waals surface area contributed by atoms with Gasteiger partial charge in [-0.25, -0.2) is 9.67 Å². The summed E-state index contributed by atoms with van der Waals surface area (Å²) in [5, 5.41) is 7.04. The van der Waals surface area contributed by atoms with Crippen LogP contribution < -0.4 is 5.32 Å². The summed E-state index contributed by atoms with van der Waals surface area (Å²) in [5.74, 6) is -0.164. The molecule has 6 heteroatoms. The van der Waals surface area contributed by atoms with Crippen molar-refractivity contribution in [2.24, 2.45) is 0 Å². The van der Waals surface area contributed by atoms with E-state index in [0.29, 0.717) is 11.3 Å². The van der Waals surface area contributed by atoms with E-state index in [0.717, 1.165) is 15.7 Å². The van der Waals surface area contributed by atoms with E-state index in [1.54, 1.807) is 17.1 Å². The van der Waals surface area contributed by atoms with Gasteiger partial charge in [0.05, 0.1) is 11.4 Å². The Morgan fingerprint density at radius 3 is 2.82 bits per heavy atom. The Hall–Kier alpha value is -2.47. The third-order valence-corrected chi connectivity index (χ3v) is 3.65. The number of benzene rings is 2. The Morgan fingerprint density at radius 1 is 1.23 bits per heavy atom. The predicted octanol–water partition coefficient (Wildman–Crippen LogP) is 3.59. The number of nitrogens with zero attached hydrogens (tertiary/aromatic N) is 3. The topological polar surface area (TPSA) is 59.8 Å². The molecule has 0 spiro atoms. The average Bonchev–Trinajstić information content (AvgIpc) is 3.01. The van der Waals surface area contributed by atoms with E-state index < -0.39 is 0 Å². The molecule has 0 radical (unpaired) electrons. The minimum absolute atomic E-state index is 0.164. The highest BCUT2D eigenvalue weighted by atomic mass is 79.9. The molecule has 0 fully saturated rings. The fourth-order valence-corrected chi connectivity index (χ4v) is 2.48. The van der Waals surface area contributed by atoms with Gasteiger partial charge in [-0.2, -0.15) is 5.10 Å². The van der Waals surface area contributed by atoms with Gasteiger partial charge in [0.25, 0.3) is 5.91 Å². The van der Waals surface area contributed by atoms with Gasteiger partial charge in [-0.05, 0) is 37.3 Å². The molecule has 110 valence electrons. The van der Waals surface area contributed by atoms with Crippen LogP contribution in [0.2, 0.25) is 0 Å². The fourth-order valence-electron chi connectivity index (χ4n) is 2.12. The van der Waals surface area contributed by atoms with Crippen LogP contribution in [0.5, 0.6) is 0 Å². The van der Waals surface area contributed by atoms with Crippen molar-refractivity contribution in [3.05, 3.63) is 70.7 Å². The second-order valence-corrected chi connectivity index (χ2v) is 5.74. The molecule has 0 bridgehead atoms. The number of halogens is 1. The van der Waals surface area contributed by atoms with Crippen molar-refractivity contribution in [2.75, 3.05) is 5.32 Å². The van der Waals surface area contributed by atoms with Crippen molar-refractivity contribution in [3.8, 4) is 5.69 Å². The van der Waals surface area contributed by atoms with E-state index in [9.17, 15) is 4.79 Å². The number of nitrogens with one attached hydrogen (secondary N) is 1. The first kappa shape index (κ1) is 14.5. The Labute approximate surface area is 136 Å². The lowest BCUT2D eigenvalue weighted by Gasteiger charge is -2.11. The zero-order valence-corrected chi connectivity index (χ0v) is 13.4. The molecule has 1 heterocycles. The van der Waals surface area contributed by atoms with E-state index in [-0.39, 0.29) is 5.91 Å². The molecular formula is C16H13BrN4O. The number of amides is 1. The van der Waals surface area contributed by atoms with Crippen molar-refractivity contribution >= 4 is 27.5 Å². The van der Waals surface area contributed by atoms with Crippen molar-refractivity contribution in [3.63, 3.8) is 0 Å². The summed E-state index contributed by atoms with van der Waals surface area (Å²) >= 11 is 3.42. The van der Waals surface area contributed by atoms with Gasteiger partial charge in [-0.3, -0.25) is 4.79 Å². The lowest BCUT2D eigenvalue weighted by Crippen LogP contribution is -2.14. The SMILES string of the molecule is Cc1cccc(C(=O)Nc2cc(Br)ccc2-n2cncn2)c1. The van der Waals surface area contributed by atoms with Gasteiger partial charge in [-0.1, -0.05) is 33.6 Å². The zero-order chi connectivity index (χ0) is 15.5. The summed E-state index contributed by atoms with van der Waals surface area (Å²) in [6, 6.07) is 13.0. The monoisotopic (exact) mass is 356 g/mol. The van der Waals surface area contributed by atoms with Gasteiger partial charge in [0.1, 0.15) is 12.7 Å². The van der Waals surface area contributed by atoms with Crippen molar-refractivity contribution in [1.82, 2.24) is 14.8 Å². The highest BCUT2D eigenvalue weighted by Gasteiger charge is 2.11. The first-order chi connectivity index (χ1) is 10.6. The van der Waals surface area contributed by atoms with Crippen LogP contribution in [0.4, 0.5) is 5.69 Å². The predicted molar refractivity (Wildman–Crippen MR) is 88.2 cm³/mol. The molecule has 0 unspecified atom stereocenters. The maximum Gasteiger partial charge on any atom is 0.255 e. The second kappa shape index (κ2) is 6.11. The molecule has 0 aliphatic carbocycles. The molecule has 22 heavy (non-hydrogen) atoms. The summed E-state index contributed by atoms with van der Waals surface area (Å²) in [4.78, 5) is 16.4. The Morgan fingerprint density at radius 2 is 2.09 bits per heavy atom. The van der Waals surface area contributed by atoms with E-state index in [1.807, 2.05) is 43.3 Å².